The number of ketones is 1. The first-order valence-corrected chi connectivity index (χ1v) is 11.6. The molecule has 0 radical (unpaired) electrons. The number of Topliss-reactive ketones (excluding diaryl/α,β-unsaturated/α-hetero) is 1. The first kappa shape index (κ1) is 27.7. The normalized spacial score (nSPS) is 24.7. The monoisotopic (exact) mass is 517 g/mol. The second-order valence-corrected chi connectivity index (χ2v) is 8.85. The van der Waals surface area contributed by atoms with Crippen LogP contribution in [0.2, 0.25) is 0 Å². The summed E-state index contributed by atoms with van der Waals surface area (Å²) in [5, 5.41) is 10.0. The minimum absolute atomic E-state index is 0.108. The molecule has 2 aliphatic rings. The maximum absolute atomic E-state index is 12.3. The van der Waals surface area contributed by atoms with Crippen LogP contribution >= 0.6 is 0 Å². The van der Waals surface area contributed by atoms with Crippen molar-refractivity contribution in [3.63, 3.8) is 0 Å². The van der Waals surface area contributed by atoms with Crippen LogP contribution in [0.1, 0.15) is 59.1 Å². The number of carbonyl (C=O) groups excluding carboxylic acids is 1. The van der Waals surface area contributed by atoms with E-state index in [1.165, 1.54) is 6.33 Å². The summed E-state index contributed by atoms with van der Waals surface area (Å²) in [6.45, 7) is 6.02. The van der Waals surface area contributed by atoms with Gasteiger partial charge in [0.2, 0.25) is 5.78 Å². The van der Waals surface area contributed by atoms with E-state index in [1.807, 2.05) is 25.3 Å². The summed E-state index contributed by atoms with van der Waals surface area (Å²) < 4.78 is 57.0. The molecule has 14 heteroatoms. The number of aromatic nitrogens is 4. The zero-order valence-electron chi connectivity index (χ0n) is 20.2. The lowest BCUT2D eigenvalue weighted by Gasteiger charge is -2.24. The fraction of sp³-hybridized carbons (Fsp3) is 0.682. The number of rotatable bonds is 9. The average molecular weight is 518 g/mol. The van der Waals surface area contributed by atoms with Gasteiger partial charge in [0, 0.05) is 13.0 Å². The molecule has 2 aromatic rings. The molecule has 0 aromatic carbocycles. The molecule has 0 bridgehead atoms. The highest BCUT2D eigenvalue weighted by Crippen LogP contribution is 2.44. The third kappa shape index (κ3) is 6.28. The van der Waals surface area contributed by atoms with Crippen LogP contribution in [-0.2, 0) is 23.8 Å². The number of nitrogens with one attached hydrogen (secondary N) is 1. The summed E-state index contributed by atoms with van der Waals surface area (Å²) in [5.74, 6) is -1.86. The Morgan fingerprint density at radius 2 is 1.89 bits per heavy atom. The number of hydrogen-bond acceptors (Lipinski definition) is 9. The topological polar surface area (TPSA) is 138 Å². The second kappa shape index (κ2) is 11.5. The van der Waals surface area contributed by atoms with Gasteiger partial charge in [0.05, 0.1) is 12.4 Å². The Kier molecular flexibility index (Phi) is 8.84. The summed E-state index contributed by atoms with van der Waals surface area (Å²) in [5.41, 5.74) is 1.14. The zero-order valence-corrected chi connectivity index (χ0v) is 20.2. The van der Waals surface area contributed by atoms with Crippen molar-refractivity contribution in [2.24, 2.45) is 0 Å². The molecule has 2 aromatic heterocycles. The van der Waals surface area contributed by atoms with Crippen LogP contribution in [0.4, 0.5) is 19.0 Å². The van der Waals surface area contributed by atoms with Gasteiger partial charge >= 0.3 is 6.18 Å². The van der Waals surface area contributed by atoms with Gasteiger partial charge in [0.25, 0.3) is 6.47 Å². The van der Waals surface area contributed by atoms with E-state index >= 15 is 0 Å². The molecule has 2 saturated heterocycles. The van der Waals surface area contributed by atoms with Crippen LogP contribution in [0, 0.1) is 0 Å². The maximum atomic E-state index is 12.3. The summed E-state index contributed by atoms with van der Waals surface area (Å²) in [6, 6.07) is 0. The molecule has 0 saturated carbocycles. The van der Waals surface area contributed by atoms with Crippen LogP contribution in [0.25, 0.3) is 11.2 Å². The smallest absolute Gasteiger partial charge is 0.449 e. The predicted octanol–water partition coefficient (Wildman–Crippen LogP) is 3.46. The highest BCUT2D eigenvalue weighted by atomic mass is 19.4. The zero-order chi connectivity index (χ0) is 26.5. The molecule has 4 rings (SSSR count). The Morgan fingerprint density at radius 3 is 2.56 bits per heavy atom. The largest absolute Gasteiger partial charge is 0.483 e. The number of unbranched alkanes of at least 4 members (excludes halogenated alkanes) is 2. The van der Waals surface area contributed by atoms with Gasteiger partial charge in [-0.2, -0.15) is 13.2 Å². The second-order valence-electron chi connectivity index (χ2n) is 8.85. The Balaban J connectivity index is 0.00000115. The standard InChI is InChI=1S/C21H28F3N5O4.CH2O2/c1-4-12-15-16(33-20(2,3)32-15)19(31-12)29-11-28-14-17(26-10-27-18(14)29)25-9-7-5-6-8-13(30)21(22,23)24;2-1-3/h10-12,15-16,19H,4-9H2,1-3H3,(H,25,26,27);1H,(H,2,3)/t12-,15?,16+,19-;/m1./s1. The van der Waals surface area contributed by atoms with E-state index in [0.29, 0.717) is 36.4 Å². The summed E-state index contributed by atoms with van der Waals surface area (Å²) in [7, 11) is 0. The number of carbonyl (C=O) groups is 2. The lowest BCUT2D eigenvalue weighted by molar-refractivity contribution is -0.196. The fourth-order valence-electron chi connectivity index (χ4n) is 4.31. The van der Waals surface area contributed by atoms with E-state index in [4.69, 9.17) is 24.1 Å². The third-order valence-corrected chi connectivity index (χ3v) is 5.85. The van der Waals surface area contributed by atoms with Gasteiger partial charge in [0.15, 0.2) is 29.0 Å². The van der Waals surface area contributed by atoms with Gasteiger partial charge in [-0.25, -0.2) is 15.0 Å². The van der Waals surface area contributed by atoms with E-state index in [9.17, 15) is 18.0 Å². The molecule has 2 N–H and O–H groups in total. The molecular formula is C22H30F3N5O6. The van der Waals surface area contributed by atoms with Gasteiger partial charge in [-0.15, -0.1) is 0 Å². The highest BCUT2D eigenvalue weighted by Gasteiger charge is 2.55. The highest BCUT2D eigenvalue weighted by molar-refractivity contribution is 5.84. The SMILES string of the molecule is CC[C@H]1O[C@@H](n2cnc3c(NCCCCCC(=O)C(F)(F)F)ncnc32)[C@H]2OC(C)(C)OC12.O=CO. The van der Waals surface area contributed by atoms with Crippen molar-refractivity contribution in [2.75, 3.05) is 11.9 Å². The van der Waals surface area contributed by atoms with Crippen LogP contribution in [0.3, 0.4) is 0 Å². The van der Waals surface area contributed by atoms with Crippen LogP contribution in [0.15, 0.2) is 12.7 Å². The third-order valence-electron chi connectivity index (χ3n) is 5.85. The summed E-state index contributed by atoms with van der Waals surface area (Å²) in [4.78, 5) is 32.4. The molecule has 36 heavy (non-hydrogen) atoms. The molecule has 0 aliphatic carbocycles. The lowest BCUT2D eigenvalue weighted by atomic mass is 10.1. The quantitative estimate of drug-likeness (QED) is 0.376. The van der Waals surface area contributed by atoms with Gasteiger partial charge in [0.1, 0.15) is 18.5 Å². The van der Waals surface area contributed by atoms with Gasteiger partial charge in [-0.1, -0.05) is 13.3 Å². The number of fused-ring (bicyclic) bond motifs is 2. The molecule has 0 spiro atoms. The summed E-state index contributed by atoms with van der Waals surface area (Å²) >= 11 is 0. The van der Waals surface area contributed by atoms with Crippen LogP contribution in [-0.4, -0.2) is 73.7 Å². The molecule has 2 aliphatic heterocycles. The van der Waals surface area contributed by atoms with Crippen molar-refractivity contribution in [3.05, 3.63) is 12.7 Å². The average Bonchev–Trinajstić information content (AvgIpc) is 3.46. The number of imidazole rings is 1. The van der Waals surface area contributed by atoms with Crippen molar-refractivity contribution in [3.8, 4) is 0 Å². The summed E-state index contributed by atoms with van der Waals surface area (Å²) in [6.07, 6.45) is -1.18. The van der Waals surface area contributed by atoms with Crippen molar-refractivity contribution in [1.29, 1.82) is 0 Å². The molecule has 4 heterocycles. The number of carboxylic acid groups (broad SMARTS) is 1. The van der Waals surface area contributed by atoms with E-state index in [0.717, 1.165) is 6.42 Å². The van der Waals surface area contributed by atoms with Crippen LogP contribution < -0.4 is 5.32 Å². The van der Waals surface area contributed by atoms with E-state index in [2.05, 4.69) is 20.3 Å². The number of nitrogens with zero attached hydrogens (tertiary/aromatic N) is 4. The van der Waals surface area contributed by atoms with Crippen molar-refractivity contribution < 1.29 is 42.1 Å². The number of alkyl halides is 3. The Hall–Kier alpha value is -2.84. The fourth-order valence-corrected chi connectivity index (χ4v) is 4.31. The van der Waals surface area contributed by atoms with Gasteiger partial charge in [-0.3, -0.25) is 14.2 Å². The minimum atomic E-state index is -4.75. The predicted molar refractivity (Wildman–Crippen MR) is 120 cm³/mol. The maximum Gasteiger partial charge on any atom is 0.449 e. The Bertz CT molecular complexity index is 1050. The van der Waals surface area contributed by atoms with Crippen molar-refractivity contribution in [1.82, 2.24) is 19.5 Å². The van der Waals surface area contributed by atoms with Crippen LogP contribution in [0.5, 0.6) is 0 Å². The minimum Gasteiger partial charge on any atom is -0.483 e. The number of anilines is 1. The first-order valence-electron chi connectivity index (χ1n) is 11.6. The van der Waals surface area contributed by atoms with Crippen molar-refractivity contribution in [2.45, 2.75) is 89.4 Å². The number of hydrogen-bond donors (Lipinski definition) is 2. The van der Waals surface area contributed by atoms with Gasteiger partial charge < -0.3 is 24.6 Å². The first-order chi connectivity index (χ1) is 17.0. The van der Waals surface area contributed by atoms with E-state index < -0.39 is 30.4 Å². The molecule has 11 nitrogen and oxygen atoms in total. The molecule has 2 fully saturated rings. The number of halogens is 3. The van der Waals surface area contributed by atoms with E-state index in [-0.39, 0.29) is 31.2 Å². The molecular weight excluding hydrogens is 487 g/mol. The molecule has 4 atom stereocenters. The van der Waals surface area contributed by atoms with E-state index in [1.54, 1.807) is 6.33 Å². The Labute approximate surface area is 205 Å². The number of ether oxygens (including phenoxy) is 3. The molecule has 1 unspecified atom stereocenters. The molecule has 0 amide bonds. The molecule has 200 valence electrons. The van der Waals surface area contributed by atoms with Crippen molar-refractivity contribution >= 4 is 29.2 Å². The lowest BCUT2D eigenvalue weighted by Crippen LogP contribution is -2.28. The van der Waals surface area contributed by atoms with Gasteiger partial charge in [-0.05, 0) is 33.1 Å². The Morgan fingerprint density at radius 1 is 1.19 bits per heavy atom.